The van der Waals surface area contributed by atoms with E-state index in [-0.39, 0.29) is 0 Å². The molecule has 1 aliphatic heterocycles. The first-order valence-corrected chi connectivity index (χ1v) is 4.98. The molecule has 2 rings (SSSR count). The minimum absolute atomic E-state index is 0.850. The van der Waals surface area contributed by atoms with Gasteiger partial charge in [0.15, 0.2) is 0 Å². The van der Waals surface area contributed by atoms with Gasteiger partial charge in [-0.1, -0.05) is 13.0 Å². The van der Waals surface area contributed by atoms with Crippen LogP contribution in [0.25, 0.3) is 0 Å². The lowest BCUT2D eigenvalue weighted by atomic mass is 10.1. The molecule has 0 spiro atoms. The Kier molecular flexibility index (Phi) is 2.23. The van der Waals surface area contributed by atoms with Gasteiger partial charge in [0.05, 0.1) is 12.4 Å². The van der Waals surface area contributed by atoms with Crippen molar-refractivity contribution in [1.29, 1.82) is 0 Å². The fourth-order valence-corrected chi connectivity index (χ4v) is 2.02. The Hall–Kier alpha value is -0.670. The molecule has 0 fully saturated rings. The fourth-order valence-electron chi connectivity index (χ4n) is 1.26. The van der Waals surface area contributed by atoms with Gasteiger partial charge in [0.25, 0.3) is 0 Å². The van der Waals surface area contributed by atoms with Crippen molar-refractivity contribution in [2.45, 2.75) is 18.2 Å². The van der Waals surface area contributed by atoms with Crippen LogP contribution in [0.2, 0.25) is 0 Å². The van der Waals surface area contributed by atoms with Crippen LogP contribution in [0.5, 0.6) is 0 Å². The molecular weight excluding hydrogens is 168 g/mol. The summed E-state index contributed by atoms with van der Waals surface area (Å²) in [4.78, 5) is 1.31. The highest BCUT2D eigenvalue weighted by Crippen LogP contribution is 2.28. The summed E-state index contributed by atoms with van der Waals surface area (Å²) < 4.78 is 3.20. The van der Waals surface area contributed by atoms with Crippen LogP contribution >= 0.6 is 11.9 Å². The SMILES string of the molecule is CCc1ccc2c(c1)SNCN2. The van der Waals surface area contributed by atoms with E-state index in [0.717, 1.165) is 13.1 Å². The molecule has 64 valence electrons. The summed E-state index contributed by atoms with van der Waals surface area (Å²) in [5.41, 5.74) is 2.64. The third kappa shape index (κ3) is 1.42. The third-order valence-electron chi connectivity index (χ3n) is 1.99. The smallest absolute Gasteiger partial charge is 0.0750 e. The first kappa shape index (κ1) is 7.95. The molecule has 0 radical (unpaired) electrons. The van der Waals surface area contributed by atoms with E-state index < -0.39 is 0 Å². The molecule has 0 aromatic heterocycles. The molecule has 0 aliphatic carbocycles. The monoisotopic (exact) mass is 180 g/mol. The number of hydrogen-bond donors (Lipinski definition) is 2. The molecule has 1 aromatic carbocycles. The molecular formula is C9H12N2S. The minimum atomic E-state index is 0.850. The van der Waals surface area contributed by atoms with Crippen LogP contribution in [0.1, 0.15) is 12.5 Å². The van der Waals surface area contributed by atoms with Gasteiger partial charge in [-0.05, 0) is 36.1 Å². The Bertz CT molecular complexity index is 286. The molecule has 0 atom stereocenters. The first-order valence-electron chi connectivity index (χ1n) is 4.16. The van der Waals surface area contributed by atoms with Gasteiger partial charge < -0.3 is 5.32 Å². The van der Waals surface area contributed by atoms with Crippen molar-refractivity contribution < 1.29 is 0 Å². The van der Waals surface area contributed by atoms with Crippen LogP contribution in [-0.2, 0) is 6.42 Å². The van der Waals surface area contributed by atoms with E-state index in [1.54, 1.807) is 11.9 Å². The number of anilines is 1. The Morgan fingerprint density at radius 1 is 1.50 bits per heavy atom. The van der Waals surface area contributed by atoms with Crippen molar-refractivity contribution in [2.75, 3.05) is 12.0 Å². The molecule has 12 heavy (non-hydrogen) atoms. The highest BCUT2D eigenvalue weighted by Gasteiger charge is 2.07. The Balaban J connectivity index is 2.36. The van der Waals surface area contributed by atoms with Crippen LogP contribution in [0.4, 0.5) is 5.69 Å². The average Bonchev–Trinajstić information content (AvgIpc) is 2.17. The number of benzene rings is 1. The van der Waals surface area contributed by atoms with Crippen molar-refractivity contribution in [2.24, 2.45) is 0 Å². The van der Waals surface area contributed by atoms with Crippen molar-refractivity contribution in [3.63, 3.8) is 0 Å². The lowest BCUT2D eigenvalue weighted by Gasteiger charge is -2.18. The predicted molar refractivity (Wildman–Crippen MR) is 53.3 cm³/mol. The van der Waals surface area contributed by atoms with Gasteiger partial charge in [0, 0.05) is 4.90 Å². The number of rotatable bonds is 1. The molecule has 0 bridgehead atoms. The van der Waals surface area contributed by atoms with E-state index in [1.807, 2.05) is 0 Å². The molecule has 1 aliphatic rings. The van der Waals surface area contributed by atoms with Crippen LogP contribution in [0, 0.1) is 0 Å². The van der Waals surface area contributed by atoms with Crippen LogP contribution in [0.3, 0.4) is 0 Å². The van der Waals surface area contributed by atoms with Gasteiger partial charge in [-0.2, -0.15) is 0 Å². The maximum Gasteiger partial charge on any atom is 0.0750 e. The number of aryl methyl sites for hydroxylation is 1. The second kappa shape index (κ2) is 3.37. The van der Waals surface area contributed by atoms with Crippen LogP contribution < -0.4 is 10.0 Å². The molecule has 0 saturated heterocycles. The minimum Gasteiger partial charge on any atom is -0.371 e. The van der Waals surface area contributed by atoms with E-state index in [2.05, 4.69) is 35.2 Å². The van der Waals surface area contributed by atoms with Gasteiger partial charge in [-0.15, -0.1) is 0 Å². The first-order chi connectivity index (χ1) is 5.90. The van der Waals surface area contributed by atoms with Crippen molar-refractivity contribution in [3.05, 3.63) is 23.8 Å². The lowest BCUT2D eigenvalue weighted by Crippen LogP contribution is -2.20. The summed E-state index contributed by atoms with van der Waals surface area (Å²) in [6.07, 6.45) is 1.10. The molecule has 2 N–H and O–H groups in total. The lowest BCUT2D eigenvalue weighted by molar-refractivity contribution is 1.00. The van der Waals surface area contributed by atoms with Crippen molar-refractivity contribution in [1.82, 2.24) is 4.72 Å². The topological polar surface area (TPSA) is 24.1 Å². The van der Waals surface area contributed by atoms with Crippen LogP contribution in [0.15, 0.2) is 23.1 Å². The maximum atomic E-state index is 3.28. The molecule has 0 unspecified atom stereocenters. The van der Waals surface area contributed by atoms with Gasteiger partial charge >= 0.3 is 0 Å². The molecule has 1 heterocycles. The molecule has 3 heteroatoms. The second-order valence-corrected chi connectivity index (χ2v) is 3.72. The highest BCUT2D eigenvalue weighted by atomic mass is 32.2. The predicted octanol–water partition coefficient (Wildman–Crippen LogP) is 2.23. The summed E-state index contributed by atoms with van der Waals surface area (Å²) >= 11 is 1.71. The van der Waals surface area contributed by atoms with Gasteiger partial charge in [-0.3, -0.25) is 0 Å². The molecule has 0 saturated carbocycles. The average molecular weight is 180 g/mol. The summed E-state index contributed by atoms with van der Waals surface area (Å²) in [5, 5.41) is 3.28. The zero-order valence-electron chi connectivity index (χ0n) is 7.05. The normalized spacial score (nSPS) is 15.1. The Morgan fingerprint density at radius 2 is 2.42 bits per heavy atom. The molecule has 1 aromatic rings. The van der Waals surface area contributed by atoms with Crippen molar-refractivity contribution >= 4 is 17.6 Å². The number of fused-ring (bicyclic) bond motifs is 1. The van der Waals surface area contributed by atoms with Gasteiger partial charge in [-0.25, -0.2) is 4.72 Å². The van der Waals surface area contributed by atoms with E-state index in [9.17, 15) is 0 Å². The zero-order valence-corrected chi connectivity index (χ0v) is 7.87. The highest BCUT2D eigenvalue weighted by molar-refractivity contribution is 7.97. The second-order valence-electron chi connectivity index (χ2n) is 2.78. The Morgan fingerprint density at radius 3 is 3.25 bits per heavy atom. The quantitative estimate of drug-likeness (QED) is 0.648. The number of hydrogen-bond acceptors (Lipinski definition) is 3. The van der Waals surface area contributed by atoms with Crippen LogP contribution in [-0.4, -0.2) is 6.67 Å². The summed E-state index contributed by atoms with van der Waals surface area (Å²) in [5.74, 6) is 0. The van der Waals surface area contributed by atoms with E-state index in [4.69, 9.17) is 0 Å². The van der Waals surface area contributed by atoms with Gasteiger partial charge in [0.1, 0.15) is 0 Å². The van der Waals surface area contributed by atoms with Crippen molar-refractivity contribution in [3.8, 4) is 0 Å². The van der Waals surface area contributed by atoms with Gasteiger partial charge in [0.2, 0.25) is 0 Å². The molecule has 2 nitrogen and oxygen atoms in total. The van der Waals surface area contributed by atoms with E-state index in [1.165, 1.54) is 16.1 Å². The largest absolute Gasteiger partial charge is 0.371 e. The summed E-state index contributed by atoms with van der Waals surface area (Å²) in [7, 11) is 0. The summed E-state index contributed by atoms with van der Waals surface area (Å²) in [6.45, 7) is 3.03. The van der Waals surface area contributed by atoms with E-state index >= 15 is 0 Å². The third-order valence-corrected chi connectivity index (χ3v) is 2.83. The van der Waals surface area contributed by atoms with E-state index in [0.29, 0.717) is 0 Å². The molecule has 0 amide bonds. The number of nitrogens with one attached hydrogen (secondary N) is 2. The zero-order chi connectivity index (χ0) is 8.39. The maximum absolute atomic E-state index is 3.28. The summed E-state index contributed by atoms with van der Waals surface area (Å²) in [6, 6.07) is 6.57. The fraction of sp³-hybridized carbons (Fsp3) is 0.333. The standard InChI is InChI=1S/C9H12N2S/c1-2-7-3-4-8-9(5-7)12-11-6-10-8/h3-5,10-11H,2,6H2,1H3. The Labute approximate surface area is 76.9 Å².